The Labute approximate surface area is 217 Å². The summed E-state index contributed by atoms with van der Waals surface area (Å²) < 4.78 is 33.3. The van der Waals surface area contributed by atoms with Crippen molar-refractivity contribution in [1.82, 2.24) is 9.62 Å². The van der Waals surface area contributed by atoms with Gasteiger partial charge in [0.25, 0.3) is 0 Å². The zero-order chi connectivity index (χ0) is 26.0. The minimum Gasteiger partial charge on any atom is -0.481 e. The number of hydrogen-bond donors (Lipinski definition) is 3. The first kappa shape index (κ1) is 28.0. The molecule has 0 amide bonds. The van der Waals surface area contributed by atoms with Gasteiger partial charge in [-0.3, -0.25) is 9.69 Å². The third-order valence-corrected chi connectivity index (χ3v) is 9.14. The van der Waals surface area contributed by atoms with Crippen LogP contribution in [-0.4, -0.2) is 72.3 Å². The van der Waals surface area contributed by atoms with Gasteiger partial charge in [0, 0.05) is 17.0 Å². The molecule has 36 heavy (non-hydrogen) atoms. The van der Waals surface area contributed by atoms with Crippen molar-refractivity contribution in [3.63, 3.8) is 0 Å². The molecule has 2 aromatic rings. The van der Waals surface area contributed by atoms with Gasteiger partial charge >= 0.3 is 5.97 Å². The maximum absolute atomic E-state index is 13.2. The molecule has 194 valence electrons. The van der Waals surface area contributed by atoms with Gasteiger partial charge in [-0.05, 0) is 62.7 Å². The molecule has 2 aromatic carbocycles. The van der Waals surface area contributed by atoms with E-state index in [4.69, 9.17) is 4.74 Å². The predicted octanol–water partition coefficient (Wildman–Crippen LogP) is 2.58. The van der Waals surface area contributed by atoms with Crippen LogP contribution >= 0.6 is 11.8 Å². The van der Waals surface area contributed by atoms with Gasteiger partial charge in [-0.15, -0.1) is 5.92 Å². The van der Waals surface area contributed by atoms with Crippen LogP contribution in [0, 0.1) is 11.8 Å². The molecule has 1 unspecified atom stereocenters. The Morgan fingerprint density at radius 1 is 1.17 bits per heavy atom. The Morgan fingerprint density at radius 2 is 1.83 bits per heavy atom. The van der Waals surface area contributed by atoms with Crippen LogP contribution in [0.4, 0.5) is 0 Å². The summed E-state index contributed by atoms with van der Waals surface area (Å²) >= 11 is 1.32. The van der Waals surface area contributed by atoms with Crippen molar-refractivity contribution in [2.24, 2.45) is 0 Å². The Bertz CT molecular complexity index is 1150. The van der Waals surface area contributed by atoms with Crippen LogP contribution in [0.3, 0.4) is 0 Å². The molecular weight excluding hydrogens is 500 g/mol. The number of nitrogens with zero attached hydrogens (tertiary/aromatic N) is 1. The predicted molar refractivity (Wildman–Crippen MR) is 140 cm³/mol. The lowest BCUT2D eigenvalue weighted by atomic mass is 9.88. The molecule has 1 saturated heterocycles. The fraction of sp³-hybridized carbons (Fsp3) is 0.423. The molecule has 0 spiro atoms. The number of benzene rings is 2. The largest absolute Gasteiger partial charge is 0.481 e. The SMILES string of the molecule is CC#CCOc1ccc(S(=O)(=O)NC(C(=O)O)C2(SCCO)CCN(Cc3ccccc3)CC2)cc1. The fourth-order valence-corrected chi connectivity index (χ4v) is 6.85. The summed E-state index contributed by atoms with van der Waals surface area (Å²) in [5.41, 5.74) is 1.16. The molecule has 3 rings (SSSR count). The van der Waals surface area contributed by atoms with Crippen LogP contribution < -0.4 is 9.46 Å². The van der Waals surface area contributed by atoms with Crippen molar-refractivity contribution < 1.29 is 28.2 Å². The molecule has 10 heteroatoms. The Hall–Kier alpha value is -2.55. The summed E-state index contributed by atoms with van der Waals surface area (Å²) in [6.07, 6.45) is 0.935. The van der Waals surface area contributed by atoms with E-state index in [9.17, 15) is 23.4 Å². The van der Waals surface area contributed by atoms with Crippen LogP contribution in [0.5, 0.6) is 5.75 Å². The van der Waals surface area contributed by atoms with Crippen molar-refractivity contribution in [2.45, 2.75) is 42.0 Å². The fourth-order valence-electron chi connectivity index (χ4n) is 4.21. The Balaban J connectivity index is 1.76. The molecule has 1 atom stereocenters. The summed E-state index contributed by atoms with van der Waals surface area (Å²) in [5, 5.41) is 19.6. The number of thioether (sulfide) groups is 1. The van der Waals surface area contributed by atoms with Gasteiger partial charge < -0.3 is 14.9 Å². The molecule has 0 radical (unpaired) electrons. The quantitative estimate of drug-likeness (QED) is 0.357. The van der Waals surface area contributed by atoms with Crippen molar-refractivity contribution >= 4 is 27.8 Å². The van der Waals surface area contributed by atoms with Crippen LogP contribution in [0.15, 0.2) is 59.5 Å². The average Bonchev–Trinajstić information content (AvgIpc) is 2.88. The first-order chi connectivity index (χ1) is 17.3. The van der Waals surface area contributed by atoms with Crippen molar-refractivity contribution in [1.29, 1.82) is 0 Å². The number of nitrogens with one attached hydrogen (secondary N) is 1. The highest BCUT2D eigenvalue weighted by atomic mass is 32.2. The number of carboxylic acids is 1. The second kappa shape index (κ2) is 13.1. The molecule has 0 saturated carbocycles. The van der Waals surface area contributed by atoms with Gasteiger partial charge in [-0.1, -0.05) is 36.3 Å². The number of rotatable bonds is 12. The van der Waals surface area contributed by atoms with Crippen LogP contribution in [-0.2, 0) is 21.4 Å². The van der Waals surface area contributed by atoms with Crippen LogP contribution in [0.25, 0.3) is 0 Å². The van der Waals surface area contributed by atoms with Gasteiger partial charge in [-0.25, -0.2) is 8.42 Å². The number of ether oxygens (including phenoxy) is 1. The van der Waals surface area contributed by atoms with E-state index in [-0.39, 0.29) is 18.1 Å². The van der Waals surface area contributed by atoms with Crippen molar-refractivity contribution in [3.05, 3.63) is 60.2 Å². The summed E-state index contributed by atoms with van der Waals surface area (Å²) in [6, 6.07) is 14.4. The number of aliphatic hydroxyl groups is 1. The maximum atomic E-state index is 13.2. The van der Waals surface area contributed by atoms with Gasteiger partial charge in [0.2, 0.25) is 10.0 Å². The molecule has 3 N–H and O–H groups in total. The number of aliphatic hydroxyl groups excluding tert-OH is 1. The number of aliphatic carboxylic acids is 1. The van der Waals surface area contributed by atoms with E-state index in [0.717, 1.165) is 12.1 Å². The molecule has 8 nitrogen and oxygen atoms in total. The number of carbonyl (C=O) groups is 1. The Kier molecular flexibility index (Phi) is 10.2. The van der Waals surface area contributed by atoms with Gasteiger partial charge in [0.1, 0.15) is 18.4 Å². The molecule has 0 aliphatic carbocycles. The lowest BCUT2D eigenvalue weighted by molar-refractivity contribution is -0.140. The molecule has 1 heterocycles. The van der Waals surface area contributed by atoms with Gasteiger partial charge in [0.05, 0.1) is 11.5 Å². The zero-order valence-corrected chi connectivity index (χ0v) is 21.9. The number of carboxylic acid groups (broad SMARTS) is 1. The average molecular weight is 533 g/mol. The van der Waals surface area contributed by atoms with Gasteiger partial charge in [-0.2, -0.15) is 16.5 Å². The summed E-state index contributed by atoms with van der Waals surface area (Å²) in [4.78, 5) is 14.6. The maximum Gasteiger partial charge on any atom is 0.323 e. The first-order valence-corrected chi connectivity index (χ1v) is 14.2. The Morgan fingerprint density at radius 3 is 2.42 bits per heavy atom. The van der Waals surface area contributed by atoms with E-state index in [0.29, 0.717) is 37.4 Å². The van der Waals surface area contributed by atoms with Crippen LogP contribution in [0.1, 0.15) is 25.3 Å². The topological polar surface area (TPSA) is 116 Å². The van der Waals surface area contributed by atoms with Gasteiger partial charge in [0.15, 0.2) is 0 Å². The molecular formula is C26H32N2O6S2. The number of likely N-dealkylation sites (tertiary alicyclic amines) is 1. The molecule has 1 aliphatic rings. The number of hydrogen-bond acceptors (Lipinski definition) is 7. The summed E-state index contributed by atoms with van der Waals surface area (Å²) in [7, 11) is -4.12. The highest BCUT2D eigenvalue weighted by Gasteiger charge is 2.47. The highest BCUT2D eigenvalue weighted by Crippen LogP contribution is 2.40. The number of piperidine rings is 1. The van der Waals surface area contributed by atoms with E-state index < -0.39 is 26.8 Å². The molecule has 1 aliphatic heterocycles. The minimum absolute atomic E-state index is 0.0495. The number of sulfonamides is 1. The van der Waals surface area contributed by atoms with E-state index in [1.54, 1.807) is 6.92 Å². The second-order valence-electron chi connectivity index (χ2n) is 8.48. The van der Waals surface area contributed by atoms with Crippen molar-refractivity contribution in [2.75, 3.05) is 32.1 Å². The lowest BCUT2D eigenvalue weighted by Gasteiger charge is -2.44. The molecule has 0 aromatic heterocycles. The van der Waals surface area contributed by atoms with E-state index in [1.807, 2.05) is 30.3 Å². The third kappa shape index (κ3) is 7.48. The van der Waals surface area contributed by atoms with E-state index in [1.165, 1.54) is 36.0 Å². The standard InChI is InChI=1S/C26H32N2O6S2/c1-2-3-18-34-22-9-11-23(12-10-22)36(32,33)27-24(25(30)31)26(35-19-17-29)13-15-28(16-14-26)20-21-7-5-4-6-8-21/h4-12,24,27,29H,13-20H2,1H3,(H,30,31). The highest BCUT2D eigenvalue weighted by molar-refractivity contribution is 8.00. The molecule has 1 fully saturated rings. The van der Waals surface area contributed by atoms with E-state index in [2.05, 4.69) is 21.5 Å². The first-order valence-electron chi connectivity index (χ1n) is 11.7. The second-order valence-corrected chi connectivity index (χ2v) is 11.7. The lowest BCUT2D eigenvalue weighted by Crippen LogP contribution is -2.59. The summed E-state index contributed by atoms with van der Waals surface area (Å²) in [6.45, 7) is 3.74. The molecule has 0 bridgehead atoms. The zero-order valence-electron chi connectivity index (χ0n) is 20.2. The smallest absolute Gasteiger partial charge is 0.323 e. The summed E-state index contributed by atoms with van der Waals surface area (Å²) in [5.74, 6) is 5.02. The van der Waals surface area contributed by atoms with Crippen LogP contribution in [0.2, 0.25) is 0 Å². The minimum atomic E-state index is -4.12. The van der Waals surface area contributed by atoms with Crippen molar-refractivity contribution in [3.8, 4) is 17.6 Å². The normalized spacial score (nSPS) is 16.5. The monoisotopic (exact) mass is 532 g/mol. The van der Waals surface area contributed by atoms with E-state index >= 15 is 0 Å². The third-order valence-electron chi connectivity index (χ3n) is 6.10.